The molecule has 1 aliphatic rings. The molecule has 0 fully saturated rings. The fraction of sp³-hybridized carbons (Fsp3) is 0.714. The van der Waals surface area contributed by atoms with Crippen LogP contribution in [0.25, 0.3) is 0 Å². The molecule has 19 heavy (non-hydrogen) atoms. The second-order valence-corrected chi connectivity index (χ2v) is 12.1. The molecule has 1 heterocycles. The van der Waals surface area contributed by atoms with Gasteiger partial charge in [-0.1, -0.05) is 19.6 Å². The predicted molar refractivity (Wildman–Crippen MR) is 78.4 cm³/mol. The Labute approximate surface area is 116 Å². The Bertz CT molecular complexity index is 449. The number of hydrogen-bond donors (Lipinski definition) is 0. The van der Waals surface area contributed by atoms with Gasteiger partial charge in [0.2, 0.25) is 0 Å². The van der Waals surface area contributed by atoms with E-state index < -0.39 is 8.07 Å². The van der Waals surface area contributed by atoms with Gasteiger partial charge in [-0.3, -0.25) is 4.79 Å². The lowest BCUT2D eigenvalue weighted by atomic mass is 10.0. The highest BCUT2D eigenvalue weighted by atomic mass is 28.3. The standard InChI is InChI=1S/C14H24N2O2Si/c1-19(2,3)9-8-18-11-16-13-7-5-4-6-12(13)15-14(16)10-17/h10H,4-9,11H2,1-3H3. The fourth-order valence-electron chi connectivity index (χ4n) is 2.39. The predicted octanol–water partition coefficient (Wildman–Crippen LogP) is 2.89. The van der Waals surface area contributed by atoms with Crippen LogP contribution in [0.4, 0.5) is 0 Å². The second kappa shape index (κ2) is 6.01. The Morgan fingerprint density at radius 2 is 2.05 bits per heavy atom. The first-order chi connectivity index (χ1) is 9.01. The van der Waals surface area contributed by atoms with Crippen LogP contribution in [0.1, 0.15) is 34.8 Å². The van der Waals surface area contributed by atoms with E-state index >= 15 is 0 Å². The fourth-order valence-corrected chi connectivity index (χ4v) is 3.15. The summed E-state index contributed by atoms with van der Waals surface area (Å²) in [6.45, 7) is 8.27. The van der Waals surface area contributed by atoms with Crippen molar-refractivity contribution < 1.29 is 9.53 Å². The van der Waals surface area contributed by atoms with Crippen molar-refractivity contribution in [2.75, 3.05) is 6.61 Å². The largest absolute Gasteiger partial charge is 0.361 e. The van der Waals surface area contributed by atoms with E-state index in [1.165, 1.54) is 18.5 Å². The van der Waals surface area contributed by atoms with Gasteiger partial charge in [0.15, 0.2) is 12.1 Å². The Hall–Kier alpha value is -0.943. The molecule has 106 valence electrons. The summed E-state index contributed by atoms with van der Waals surface area (Å²) in [5.41, 5.74) is 2.31. The van der Waals surface area contributed by atoms with Gasteiger partial charge in [-0.2, -0.15) is 0 Å². The summed E-state index contributed by atoms with van der Waals surface area (Å²) in [6.07, 6.45) is 5.23. The van der Waals surface area contributed by atoms with Crippen molar-refractivity contribution in [1.29, 1.82) is 0 Å². The van der Waals surface area contributed by atoms with E-state index in [2.05, 4.69) is 24.6 Å². The molecule has 0 aliphatic heterocycles. The lowest BCUT2D eigenvalue weighted by Crippen LogP contribution is -2.22. The number of hydrogen-bond acceptors (Lipinski definition) is 3. The summed E-state index contributed by atoms with van der Waals surface area (Å²) < 4.78 is 7.73. The number of ether oxygens (including phenoxy) is 1. The molecule has 0 atom stereocenters. The molecule has 2 rings (SSSR count). The Morgan fingerprint density at radius 1 is 1.32 bits per heavy atom. The zero-order valence-electron chi connectivity index (χ0n) is 12.2. The van der Waals surface area contributed by atoms with Crippen LogP contribution in [0.15, 0.2) is 0 Å². The second-order valence-electron chi connectivity index (χ2n) is 6.46. The highest BCUT2D eigenvalue weighted by molar-refractivity contribution is 6.76. The third kappa shape index (κ3) is 3.76. The van der Waals surface area contributed by atoms with Gasteiger partial charge in [0, 0.05) is 20.4 Å². The number of carbonyl (C=O) groups is 1. The Morgan fingerprint density at radius 3 is 2.74 bits per heavy atom. The summed E-state index contributed by atoms with van der Waals surface area (Å²) in [5, 5.41) is 0. The van der Waals surface area contributed by atoms with Crippen LogP contribution in [0, 0.1) is 0 Å². The van der Waals surface area contributed by atoms with Crippen LogP contribution < -0.4 is 0 Å². The van der Waals surface area contributed by atoms with E-state index in [0.717, 1.165) is 37.5 Å². The minimum atomic E-state index is -1.05. The lowest BCUT2D eigenvalue weighted by molar-refractivity contribution is 0.0812. The molecule has 0 spiro atoms. The topological polar surface area (TPSA) is 44.1 Å². The maximum atomic E-state index is 11.1. The molecule has 1 aliphatic carbocycles. The zero-order valence-corrected chi connectivity index (χ0v) is 13.2. The molecule has 0 radical (unpaired) electrons. The number of aldehydes is 1. The summed E-state index contributed by atoms with van der Waals surface area (Å²) >= 11 is 0. The quantitative estimate of drug-likeness (QED) is 0.457. The summed E-state index contributed by atoms with van der Waals surface area (Å²) in [7, 11) is -1.05. The number of aromatic nitrogens is 2. The Kier molecular flexibility index (Phi) is 4.57. The van der Waals surface area contributed by atoms with E-state index in [9.17, 15) is 4.79 Å². The molecular weight excluding hydrogens is 256 g/mol. The SMILES string of the molecule is C[Si](C)(C)CCOCn1c(C=O)nc2c1CCCC2. The van der Waals surface area contributed by atoms with E-state index in [4.69, 9.17) is 4.74 Å². The highest BCUT2D eigenvalue weighted by Gasteiger charge is 2.19. The van der Waals surface area contributed by atoms with Crippen LogP contribution in [0.5, 0.6) is 0 Å². The number of rotatable bonds is 6. The van der Waals surface area contributed by atoms with Crippen molar-refractivity contribution in [2.45, 2.75) is 58.1 Å². The lowest BCUT2D eigenvalue weighted by Gasteiger charge is -2.17. The van der Waals surface area contributed by atoms with Gasteiger partial charge in [-0.25, -0.2) is 4.98 Å². The molecule has 0 saturated carbocycles. The average molecular weight is 280 g/mol. The number of aryl methyl sites for hydroxylation is 1. The summed E-state index contributed by atoms with van der Waals surface area (Å²) in [5.74, 6) is 0.528. The van der Waals surface area contributed by atoms with Crippen LogP contribution in [-0.2, 0) is 24.3 Å². The molecule has 1 aromatic heterocycles. The zero-order chi connectivity index (χ0) is 13.9. The first kappa shape index (κ1) is 14.5. The van der Waals surface area contributed by atoms with Crippen molar-refractivity contribution in [1.82, 2.24) is 9.55 Å². The minimum Gasteiger partial charge on any atom is -0.361 e. The van der Waals surface area contributed by atoms with E-state index in [1.807, 2.05) is 4.57 Å². The molecule has 0 N–H and O–H groups in total. The van der Waals surface area contributed by atoms with Gasteiger partial charge in [-0.05, 0) is 31.7 Å². The molecule has 0 unspecified atom stereocenters. The first-order valence-corrected chi connectivity index (χ1v) is 10.8. The van der Waals surface area contributed by atoms with Gasteiger partial charge in [0.05, 0.1) is 5.69 Å². The molecule has 5 heteroatoms. The van der Waals surface area contributed by atoms with Gasteiger partial charge >= 0.3 is 0 Å². The number of nitrogens with zero attached hydrogens (tertiary/aromatic N) is 2. The molecule has 0 saturated heterocycles. The number of imidazole rings is 1. The van der Waals surface area contributed by atoms with Crippen LogP contribution >= 0.6 is 0 Å². The van der Waals surface area contributed by atoms with Gasteiger partial charge in [0.1, 0.15) is 6.73 Å². The molecule has 4 nitrogen and oxygen atoms in total. The highest BCUT2D eigenvalue weighted by Crippen LogP contribution is 2.22. The Balaban J connectivity index is 1.99. The number of carbonyl (C=O) groups excluding carboxylic acids is 1. The van der Waals surface area contributed by atoms with Crippen molar-refractivity contribution in [2.24, 2.45) is 0 Å². The minimum absolute atomic E-state index is 0.473. The van der Waals surface area contributed by atoms with E-state index in [-0.39, 0.29) is 0 Å². The first-order valence-electron chi connectivity index (χ1n) is 7.12. The van der Waals surface area contributed by atoms with Crippen molar-refractivity contribution >= 4 is 14.4 Å². The molecule has 0 aromatic carbocycles. The third-order valence-corrected chi connectivity index (χ3v) is 5.29. The smallest absolute Gasteiger partial charge is 0.185 e. The molecular formula is C14H24N2O2Si. The van der Waals surface area contributed by atoms with Crippen molar-refractivity contribution in [3.63, 3.8) is 0 Å². The van der Waals surface area contributed by atoms with Crippen LogP contribution in [0.3, 0.4) is 0 Å². The number of fused-ring (bicyclic) bond motifs is 1. The average Bonchev–Trinajstić information content (AvgIpc) is 2.71. The summed E-state index contributed by atoms with van der Waals surface area (Å²) in [4.78, 5) is 15.5. The summed E-state index contributed by atoms with van der Waals surface area (Å²) in [6, 6.07) is 1.15. The van der Waals surface area contributed by atoms with Crippen molar-refractivity contribution in [3.05, 3.63) is 17.2 Å². The molecule has 0 bridgehead atoms. The van der Waals surface area contributed by atoms with E-state index in [0.29, 0.717) is 12.6 Å². The van der Waals surface area contributed by atoms with Crippen LogP contribution in [0.2, 0.25) is 25.7 Å². The van der Waals surface area contributed by atoms with Gasteiger partial charge in [-0.15, -0.1) is 0 Å². The van der Waals surface area contributed by atoms with Gasteiger partial charge in [0.25, 0.3) is 0 Å². The van der Waals surface area contributed by atoms with Crippen LogP contribution in [-0.4, -0.2) is 30.5 Å². The molecule has 0 amide bonds. The van der Waals surface area contributed by atoms with Gasteiger partial charge < -0.3 is 9.30 Å². The van der Waals surface area contributed by atoms with E-state index in [1.54, 1.807) is 0 Å². The maximum absolute atomic E-state index is 11.1. The normalized spacial score (nSPS) is 15.3. The monoisotopic (exact) mass is 280 g/mol. The van der Waals surface area contributed by atoms with Crippen molar-refractivity contribution in [3.8, 4) is 0 Å². The molecule has 1 aromatic rings. The third-order valence-electron chi connectivity index (χ3n) is 3.58. The maximum Gasteiger partial charge on any atom is 0.185 e.